The lowest BCUT2D eigenvalue weighted by molar-refractivity contribution is -0.121. The van der Waals surface area contributed by atoms with Crippen molar-refractivity contribution in [2.24, 2.45) is 11.3 Å². The Kier molecular flexibility index (Phi) is 6.01. The highest BCUT2D eigenvalue weighted by Crippen LogP contribution is 2.17. The maximum atomic E-state index is 11.6. The van der Waals surface area contributed by atoms with Crippen molar-refractivity contribution < 1.29 is 4.79 Å². The van der Waals surface area contributed by atoms with E-state index >= 15 is 0 Å². The summed E-state index contributed by atoms with van der Waals surface area (Å²) in [5, 5.41) is 6.24. The number of nitrogens with one attached hydrogen (secondary N) is 2. The summed E-state index contributed by atoms with van der Waals surface area (Å²) in [6, 6.07) is 0.562. The van der Waals surface area contributed by atoms with Crippen molar-refractivity contribution in [1.29, 1.82) is 0 Å². The van der Waals surface area contributed by atoms with Crippen molar-refractivity contribution in [3.63, 3.8) is 0 Å². The van der Waals surface area contributed by atoms with E-state index in [1.807, 2.05) is 6.92 Å². The van der Waals surface area contributed by atoms with Crippen LogP contribution in [0.25, 0.3) is 0 Å². The summed E-state index contributed by atoms with van der Waals surface area (Å²) in [5.74, 6) is 0.557. The molecule has 0 spiro atoms. The minimum absolute atomic E-state index is 0.0808. The van der Waals surface area contributed by atoms with E-state index in [1.54, 1.807) is 0 Å². The Bertz CT molecular complexity index is 218. The summed E-state index contributed by atoms with van der Waals surface area (Å²) in [6.07, 6.45) is 0. The molecule has 0 fully saturated rings. The van der Waals surface area contributed by atoms with E-state index in [0.29, 0.717) is 18.5 Å². The van der Waals surface area contributed by atoms with E-state index in [4.69, 9.17) is 0 Å². The molecule has 2 unspecified atom stereocenters. The lowest BCUT2D eigenvalue weighted by Gasteiger charge is -2.28. The molecule has 2 N–H and O–H groups in total. The Morgan fingerprint density at radius 3 is 2.00 bits per heavy atom. The Hall–Kier alpha value is -0.570. The molecule has 96 valence electrons. The van der Waals surface area contributed by atoms with Gasteiger partial charge in [-0.3, -0.25) is 4.79 Å². The second-order valence-electron chi connectivity index (χ2n) is 6.07. The zero-order valence-corrected chi connectivity index (χ0v) is 11.8. The van der Waals surface area contributed by atoms with E-state index < -0.39 is 0 Å². The first-order valence-electron chi connectivity index (χ1n) is 6.17. The molecule has 2 atom stereocenters. The van der Waals surface area contributed by atoms with Crippen molar-refractivity contribution >= 4 is 5.91 Å². The molecule has 0 aromatic heterocycles. The monoisotopic (exact) mass is 228 g/mol. The SMILES string of the molecule is CC(C)C(C)NC(=O)CNC(C)C(C)(C)C. The van der Waals surface area contributed by atoms with Gasteiger partial charge in [-0.25, -0.2) is 0 Å². The van der Waals surface area contributed by atoms with Gasteiger partial charge >= 0.3 is 0 Å². The van der Waals surface area contributed by atoms with Crippen LogP contribution in [-0.4, -0.2) is 24.5 Å². The Morgan fingerprint density at radius 1 is 1.12 bits per heavy atom. The molecule has 0 heterocycles. The number of hydrogen-bond acceptors (Lipinski definition) is 2. The van der Waals surface area contributed by atoms with Gasteiger partial charge in [0.25, 0.3) is 0 Å². The molecule has 0 aliphatic rings. The summed E-state index contributed by atoms with van der Waals surface area (Å²) >= 11 is 0. The number of carbonyl (C=O) groups is 1. The quantitative estimate of drug-likeness (QED) is 0.757. The second-order valence-corrected chi connectivity index (χ2v) is 6.07. The van der Waals surface area contributed by atoms with Crippen molar-refractivity contribution in [2.45, 2.75) is 60.5 Å². The van der Waals surface area contributed by atoms with Crippen molar-refractivity contribution in [3.05, 3.63) is 0 Å². The lowest BCUT2D eigenvalue weighted by atomic mass is 9.88. The predicted molar refractivity (Wildman–Crippen MR) is 69.4 cm³/mol. The molecule has 3 nitrogen and oxygen atoms in total. The average molecular weight is 228 g/mol. The van der Waals surface area contributed by atoms with Gasteiger partial charge in [0.15, 0.2) is 0 Å². The summed E-state index contributed by atoms with van der Waals surface area (Å²) in [7, 11) is 0. The predicted octanol–water partition coefficient (Wildman–Crippen LogP) is 2.17. The Labute approximate surface area is 100 Å². The summed E-state index contributed by atoms with van der Waals surface area (Å²) in [6.45, 7) is 15.3. The van der Waals surface area contributed by atoms with Gasteiger partial charge < -0.3 is 10.6 Å². The molecule has 0 bridgehead atoms. The normalized spacial score (nSPS) is 16.0. The highest BCUT2D eigenvalue weighted by atomic mass is 16.1. The Balaban J connectivity index is 3.91. The molecule has 0 saturated heterocycles. The van der Waals surface area contributed by atoms with Crippen molar-refractivity contribution in [1.82, 2.24) is 10.6 Å². The smallest absolute Gasteiger partial charge is 0.234 e. The summed E-state index contributed by atoms with van der Waals surface area (Å²) in [5.41, 5.74) is 0.184. The van der Waals surface area contributed by atoms with E-state index in [1.165, 1.54) is 0 Å². The average Bonchev–Trinajstić information content (AvgIpc) is 2.12. The second kappa shape index (κ2) is 6.24. The molecule has 1 amide bonds. The maximum Gasteiger partial charge on any atom is 0.234 e. The molecular weight excluding hydrogens is 200 g/mol. The molecule has 0 aromatic rings. The van der Waals surface area contributed by atoms with Gasteiger partial charge in [-0.2, -0.15) is 0 Å². The van der Waals surface area contributed by atoms with Gasteiger partial charge in [0.1, 0.15) is 0 Å². The number of rotatable bonds is 5. The first-order chi connectivity index (χ1) is 7.14. The van der Waals surface area contributed by atoms with Gasteiger partial charge in [-0.15, -0.1) is 0 Å². The van der Waals surface area contributed by atoms with E-state index in [9.17, 15) is 4.79 Å². The minimum atomic E-state index is 0.0808. The van der Waals surface area contributed by atoms with Crippen LogP contribution in [0.15, 0.2) is 0 Å². The fourth-order valence-corrected chi connectivity index (χ4v) is 1.02. The van der Waals surface area contributed by atoms with Crippen LogP contribution in [0.3, 0.4) is 0 Å². The fraction of sp³-hybridized carbons (Fsp3) is 0.923. The fourth-order valence-electron chi connectivity index (χ4n) is 1.02. The van der Waals surface area contributed by atoms with Crippen molar-refractivity contribution in [2.75, 3.05) is 6.54 Å². The maximum absolute atomic E-state index is 11.6. The van der Waals surface area contributed by atoms with Gasteiger partial charge in [-0.05, 0) is 25.2 Å². The van der Waals surface area contributed by atoms with Crippen LogP contribution in [-0.2, 0) is 4.79 Å². The Morgan fingerprint density at radius 2 is 1.62 bits per heavy atom. The first-order valence-corrected chi connectivity index (χ1v) is 6.17. The summed E-state index contributed by atoms with van der Waals surface area (Å²) in [4.78, 5) is 11.6. The molecule has 0 aliphatic heterocycles. The van der Waals surface area contributed by atoms with Gasteiger partial charge in [0.2, 0.25) is 5.91 Å². The topological polar surface area (TPSA) is 41.1 Å². The van der Waals surface area contributed by atoms with Crippen molar-refractivity contribution in [3.8, 4) is 0 Å². The van der Waals surface area contributed by atoms with Crippen LogP contribution in [0.4, 0.5) is 0 Å². The summed E-state index contributed by atoms with van der Waals surface area (Å²) < 4.78 is 0. The highest BCUT2D eigenvalue weighted by Gasteiger charge is 2.20. The molecule has 0 radical (unpaired) electrons. The largest absolute Gasteiger partial charge is 0.352 e. The highest BCUT2D eigenvalue weighted by molar-refractivity contribution is 5.78. The number of carbonyl (C=O) groups excluding carboxylic acids is 1. The van der Waals surface area contributed by atoms with Crippen LogP contribution in [0.1, 0.15) is 48.5 Å². The van der Waals surface area contributed by atoms with E-state index in [0.717, 1.165) is 0 Å². The molecular formula is C13H28N2O. The minimum Gasteiger partial charge on any atom is -0.352 e. The van der Waals surface area contributed by atoms with Gasteiger partial charge in [0.05, 0.1) is 6.54 Å². The van der Waals surface area contributed by atoms with Crippen LogP contribution in [0.5, 0.6) is 0 Å². The van der Waals surface area contributed by atoms with Crippen LogP contribution < -0.4 is 10.6 Å². The molecule has 3 heteroatoms. The molecule has 16 heavy (non-hydrogen) atoms. The molecule has 0 rings (SSSR count). The number of hydrogen-bond donors (Lipinski definition) is 2. The van der Waals surface area contributed by atoms with Crippen LogP contribution in [0.2, 0.25) is 0 Å². The van der Waals surface area contributed by atoms with Gasteiger partial charge in [0, 0.05) is 12.1 Å². The van der Waals surface area contributed by atoms with Crippen LogP contribution in [0, 0.1) is 11.3 Å². The third-order valence-electron chi connectivity index (χ3n) is 3.26. The molecule has 0 aliphatic carbocycles. The van der Waals surface area contributed by atoms with E-state index in [-0.39, 0.29) is 17.4 Å². The lowest BCUT2D eigenvalue weighted by Crippen LogP contribution is -2.46. The zero-order valence-electron chi connectivity index (χ0n) is 11.8. The van der Waals surface area contributed by atoms with Gasteiger partial charge in [-0.1, -0.05) is 34.6 Å². The first kappa shape index (κ1) is 15.4. The standard InChI is InChI=1S/C13H28N2O/c1-9(2)10(3)15-12(16)8-14-11(4)13(5,6)7/h9-11,14H,8H2,1-7H3,(H,15,16). The third kappa shape index (κ3) is 6.11. The van der Waals surface area contributed by atoms with E-state index in [2.05, 4.69) is 52.2 Å². The zero-order chi connectivity index (χ0) is 12.9. The third-order valence-corrected chi connectivity index (χ3v) is 3.26. The van der Waals surface area contributed by atoms with Crippen LogP contribution >= 0.6 is 0 Å². The number of amides is 1. The molecule has 0 aromatic carbocycles. The molecule has 0 saturated carbocycles.